The van der Waals surface area contributed by atoms with Crippen LogP contribution in [0, 0.1) is 0 Å². The zero-order chi connectivity index (χ0) is 28.4. The van der Waals surface area contributed by atoms with E-state index in [1.165, 1.54) is 0 Å². The molecule has 10 heteroatoms. The van der Waals surface area contributed by atoms with E-state index in [2.05, 4.69) is 45.1 Å². The summed E-state index contributed by atoms with van der Waals surface area (Å²) < 4.78 is 0. The molecule has 1 spiro atoms. The van der Waals surface area contributed by atoms with Gasteiger partial charge in [0.05, 0.1) is 28.7 Å². The Bertz CT molecular complexity index is 1680. The largest absolute Gasteiger partial charge is 0.341 e. The van der Waals surface area contributed by atoms with Crippen molar-refractivity contribution in [2.45, 2.75) is 44.2 Å². The van der Waals surface area contributed by atoms with Crippen LogP contribution in [0.15, 0.2) is 77.8 Å². The summed E-state index contributed by atoms with van der Waals surface area (Å²) in [5.41, 5.74) is 13.8. The van der Waals surface area contributed by atoms with Gasteiger partial charge in [0.1, 0.15) is 12.2 Å². The number of benzene rings is 2. The van der Waals surface area contributed by atoms with Crippen LogP contribution in [0.3, 0.4) is 0 Å². The molecule has 0 unspecified atom stereocenters. The fourth-order valence-electron chi connectivity index (χ4n) is 6.19. The number of amides is 2. The van der Waals surface area contributed by atoms with E-state index in [9.17, 15) is 9.59 Å². The number of hydrazone groups is 1. The molecule has 0 bridgehead atoms. The monoisotopic (exact) mass is 548 g/mol. The van der Waals surface area contributed by atoms with E-state index in [1.54, 1.807) is 31.3 Å². The van der Waals surface area contributed by atoms with Gasteiger partial charge >= 0.3 is 0 Å². The maximum Gasteiger partial charge on any atom is 0.242 e. The molecule has 3 aromatic rings. The molecule has 1 aromatic heterocycles. The van der Waals surface area contributed by atoms with Gasteiger partial charge in [-0.3, -0.25) is 20.0 Å². The highest BCUT2D eigenvalue weighted by molar-refractivity contribution is 6.07. The van der Waals surface area contributed by atoms with Crippen LogP contribution in [0.2, 0.25) is 0 Å². The van der Waals surface area contributed by atoms with Gasteiger partial charge in [-0.2, -0.15) is 5.10 Å². The molecule has 4 aliphatic rings. The number of nitrogens with one attached hydrogen (secondary N) is 2. The number of fused-ring (bicyclic) bond motifs is 4. The molecule has 7 rings (SSSR count). The topological polar surface area (TPSA) is 119 Å². The number of pyridine rings is 1. The Morgan fingerprint density at radius 1 is 1.10 bits per heavy atom. The van der Waals surface area contributed by atoms with E-state index < -0.39 is 11.0 Å². The molecule has 2 amide bonds. The van der Waals surface area contributed by atoms with Gasteiger partial charge in [0, 0.05) is 30.4 Å². The van der Waals surface area contributed by atoms with E-state index in [0.29, 0.717) is 32.5 Å². The van der Waals surface area contributed by atoms with Crippen LogP contribution in [0.5, 0.6) is 0 Å². The number of nitrogens with zero attached hydrogens (tertiary/aromatic N) is 5. The predicted octanol–water partition coefficient (Wildman–Crippen LogP) is 3.25. The van der Waals surface area contributed by atoms with Crippen molar-refractivity contribution in [1.29, 1.82) is 0 Å². The molecule has 0 atom stereocenters. The highest BCUT2D eigenvalue weighted by Crippen LogP contribution is 2.46. The average Bonchev–Trinajstić information content (AvgIpc) is 3.49. The number of nitrogens with two attached hydrogens (primary N) is 1. The highest BCUT2D eigenvalue weighted by Gasteiger charge is 2.49. The fourth-order valence-corrected chi connectivity index (χ4v) is 6.19. The minimum Gasteiger partial charge on any atom is -0.341 e. The average molecular weight is 549 g/mol. The normalized spacial score (nSPS) is 19.1. The number of carbonyl (C=O) groups excluding carboxylic acids is 2. The number of hydrogen-bond donors (Lipinski definition) is 3. The molecule has 4 aliphatic heterocycles. The zero-order valence-electron chi connectivity index (χ0n) is 23.1. The SMILES string of the molecule is CC(C)(N)C(=O)N1CCC2(CC1)C(=O)Nc1ccc(C3=CC=C4N(Cc5ccc6ncccc6c5)N=CN4N3)cc12. The first-order valence-electron chi connectivity index (χ1n) is 13.9. The van der Waals surface area contributed by atoms with Gasteiger partial charge in [-0.1, -0.05) is 18.2 Å². The van der Waals surface area contributed by atoms with Crippen LogP contribution in [-0.4, -0.2) is 56.7 Å². The lowest BCUT2D eigenvalue weighted by molar-refractivity contribution is -0.139. The Labute approximate surface area is 238 Å². The molecule has 1 saturated heterocycles. The van der Waals surface area contributed by atoms with Crippen LogP contribution < -0.4 is 16.5 Å². The second kappa shape index (κ2) is 9.17. The Kier molecular flexibility index (Phi) is 5.65. The van der Waals surface area contributed by atoms with Crippen molar-refractivity contribution in [2.75, 3.05) is 18.4 Å². The smallest absolute Gasteiger partial charge is 0.242 e. The van der Waals surface area contributed by atoms with Gasteiger partial charge in [0.15, 0.2) is 0 Å². The molecule has 0 aliphatic carbocycles. The standard InChI is InChI=1S/C31H32N8O2/c1-30(2,32)29(41)37-14-11-31(12-15-37)23-17-22(6-8-26(23)35-28(31)40)25-9-10-27-38(34-19-39(27)36-25)18-20-5-7-24-21(16-20)4-3-13-33-24/h3-10,13,16-17,19,36H,11-12,14-15,18,32H2,1-2H3,(H,35,40). The van der Waals surface area contributed by atoms with Crippen molar-refractivity contribution in [3.8, 4) is 0 Å². The van der Waals surface area contributed by atoms with E-state index in [0.717, 1.165) is 44.8 Å². The van der Waals surface area contributed by atoms with Crippen LogP contribution in [0.4, 0.5) is 5.69 Å². The number of rotatable bonds is 4. The Balaban J connectivity index is 1.11. The molecular formula is C31H32N8O2. The lowest BCUT2D eigenvalue weighted by Crippen LogP contribution is -2.56. The van der Waals surface area contributed by atoms with E-state index >= 15 is 0 Å². The number of likely N-dealkylation sites (tertiary alicyclic amines) is 1. The first kappa shape index (κ1) is 25.3. The second-order valence-corrected chi connectivity index (χ2v) is 11.7. The number of hydrazine groups is 1. The van der Waals surface area contributed by atoms with Crippen molar-refractivity contribution >= 4 is 40.4 Å². The summed E-state index contributed by atoms with van der Waals surface area (Å²) >= 11 is 0. The molecule has 10 nitrogen and oxygen atoms in total. The van der Waals surface area contributed by atoms with E-state index in [1.807, 2.05) is 46.4 Å². The molecule has 4 N–H and O–H groups in total. The van der Waals surface area contributed by atoms with Crippen LogP contribution in [0.1, 0.15) is 43.4 Å². The second-order valence-electron chi connectivity index (χ2n) is 11.7. The van der Waals surface area contributed by atoms with Crippen molar-refractivity contribution < 1.29 is 9.59 Å². The van der Waals surface area contributed by atoms with Crippen molar-refractivity contribution in [3.05, 3.63) is 89.4 Å². The van der Waals surface area contributed by atoms with E-state index in [4.69, 9.17) is 5.73 Å². The fraction of sp³-hybridized carbons (Fsp3) is 0.290. The number of hydrogen-bond acceptors (Lipinski definition) is 8. The molecule has 2 aromatic carbocycles. The van der Waals surface area contributed by atoms with Gasteiger partial charge in [-0.15, -0.1) is 0 Å². The number of aromatic nitrogens is 1. The molecule has 208 valence electrons. The maximum absolute atomic E-state index is 13.3. The summed E-state index contributed by atoms with van der Waals surface area (Å²) in [6, 6.07) is 16.4. The summed E-state index contributed by atoms with van der Waals surface area (Å²) in [6.45, 7) is 5.07. The number of anilines is 1. The molecule has 41 heavy (non-hydrogen) atoms. The third-order valence-corrected chi connectivity index (χ3v) is 8.44. The maximum atomic E-state index is 13.3. The van der Waals surface area contributed by atoms with Crippen molar-refractivity contribution in [3.63, 3.8) is 0 Å². The third-order valence-electron chi connectivity index (χ3n) is 8.44. The molecule has 1 fully saturated rings. The van der Waals surface area contributed by atoms with Gasteiger partial charge in [-0.05, 0) is 85.9 Å². The number of piperidine rings is 1. The Morgan fingerprint density at radius 2 is 1.93 bits per heavy atom. The number of allylic oxidation sites excluding steroid dienone is 2. The summed E-state index contributed by atoms with van der Waals surface area (Å²) in [5, 5.41) is 12.7. The van der Waals surface area contributed by atoms with Gasteiger partial charge in [-0.25, -0.2) is 10.0 Å². The first-order chi connectivity index (χ1) is 19.7. The van der Waals surface area contributed by atoms with Crippen LogP contribution in [-0.2, 0) is 21.5 Å². The minimum absolute atomic E-state index is 0.00307. The zero-order valence-corrected chi connectivity index (χ0v) is 23.1. The lowest BCUT2D eigenvalue weighted by Gasteiger charge is -2.40. The van der Waals surface area contributed by atoms with Crippen molar-refractivity contribution in [2.24, 2.45) is 10.8 Å². The van der Waals surface area contributed by atoms with Crippen molar-refractivity contribution in [1.82, 2.24) is 25.3 Å². The first-order valence-corrected chi connectivity index (χ1v) is 13.9. The minimum atomic E-state index is -0.930. The quantitative estimate of drug-likeness (QED) is 0.458. The summed E-state index contributed by atoms with van der Waals surface area (Å²) in [6.07, 6.45) is 8.79. The Hall–Kier alpha value is -4.70. The molecular weight excluding hydrogens is 516 g/mol. The Morgan fingerprint density at radius 3 is 2.73 bits per heavy atom. The summed E-state index contributed by atoms with van der Waals surface area (Å²) in [4.78, 5) is 32.2. The molecule has 5 heterocycles. The summed E-state index contributed by atoms with van der Waals surface area (Å²) in [5.74, 6) is 0.843. The summed E-state index contributed by atoms with van der Waals surface area (Å²) in [7, 11) is 0. The third kappa shape index (κ3) is 4.22. The van der Waals surface area contributed by atoms with Crippen LogP contribution in [0.25, 0.3) is 16.6 Å². The van der Waals surface area contributed by atoms with Crippen LogP contribution >= 0.6 is 0 Å². The lowest BCUT2D eigenvalue weighted by atomic mass is 9.73. The van der Waals surface area contributed by atoms with Gasteiger partial charge < -0.3 is 16.0 Å². The molecule has 0 saturated carbocycles. The number of carbonyl (C=O) groups is 2. The van der Waals surface area contributed by atoms with Gasteiger partial charge in [0.25, 0.3) is 0 Å². The highest BCUT2D eigenvalue weighted by atomic mass is 16.2. The van der Waals surface area contributed by atoms with E-state index in [-0.39, 0.29) is 11.8 Å². The van der Waals surface area contributed by atoms with Gasteiger partial charge in [0.2, 0.25) is 11.8 Å². The molecule has 0 radical (unpaired) electrons. The predicted molar refractivity (Wildman–Crippen MR) is 158 cm³/mol.